The number of carbonyl (C=O) groups is 3. The van der Waals surface area contributed by atoms with E-state index in [0.29, 0.717) is 33.5 Å². The number of barbiturate groups is 1. The number of urea groups is 1. The van der Waals surface area contributed by atoms with Gasteiger partial charge in [0.15, 0.2) is 11.5 Å². The van der Waals surface area contributed by atoms with Gasteiger partial charge in [0.05, 0.1) is 17.8 Å². The number of halogens is 2. The van der Waals surface area contributed by atoms with Crippen molar-refractivity contribution >= 4 is 57.1 Å². The zero-order valence-corrected chi connectivity index (χ0v) is 21.3. The molecule has 0 saturated carbocycles. The van der Waals surface area contributed by atoms with Crippen molar-refractivity contribution in [2.45, 2.75) is 0 Å². The molecule has 0 spiro atoms. The molecule has 0 aliphatic carbocycles. The summed E-state index contributed by atoms with van der Waals surface area (Å²) in [6.45, 7) is 0.487. The maximum atomic E-state index is 13.1. The highest BCUT2D eigenvalue weighted by Crippen LogP contribution is 2.30. The van der Waals surface area contributed by atoms with Crippen LogP contribution in [0.3, 0.4) is 0 Å². The first-order valence-electron chi connectivity index (χ1n) is 10.7. The van der Waals surface area contributed by atoms with E-state index in [4.69, 9.17) is 25.8 Å². The lowest BCUT2D eigenvalue weighted by Crippen LogP contribution is -2.54. The minimum Gasteiger partial charge on any atom is -0.493 e. The van der Waals surface area contributed by atoms with Gasteiger partial charge in [-0.2, -0.15) is 0 Å². The molecule has 1 N–H and O–H groups in total. The Kier molecular flexibility index (Phi) is 7.92. The molecule has 1 heterocycles. The third-order valence-corrected chi connectivity index (χ3v) is 5.96. The molecule has 8 nitrogen and oxygen atoms in total. The van der Waals surface area contributed by atoms with Crippen molar-refractivity contribution in [1.29, 1.82) is 0 Å². The molecule has 1 fully saturated rings. The van der Waals surface area contributed by atoms with Gasteiger partial charge in [-0.3, -0.25) is 14.9 Å². The number of imide groups is 2. The molecular weight excluding hydrogens is 552 g/mol. The van der Waals surface area contributed by atoms with Gasteiger partial charge in [0.25, 0.3) is 11.8 Å². The first kappa shape index (κ1) is 25.3. The number of methoxy groups -OCH3 is 1. The molecule has 0 radical (unpaired) electrons. The Morgan fingerprint density at radius 3 is 2.31 bits per heavy atom. The average molecular weight is 572 g/mol. The van der Waals surface area contributed by atoms with Crippen molar-refractivity contribution in [3.05, 3.63) is 87.4 Å². The number of para-hydroxylation sites is 1. The lowest BCUT2D eigenvalue weighted by Gasteiger charge is -2.26. The highest BCUT2D eigenvalue weighted by molar-refractivity contribution is 9.10. The normalized spacial score (nSPS) is 14.6. The fourth-order valence-electron chi connectivity index (χ4n) is 3.41. The maximum Gasteiger partial charge on any atom is 0.335 e. The number of ether oxygens (including phenoxy) is 3. The van der Waals surface area contributed by atoms with E-state index >= 15 is 0 Å². The van der Waals surface area contributed by atoms with Gasteiger partial charge >= 0.3 is 6.03 Å². The zero-order valence-electron chi connectivity index (χ0n) is 19.0. The van der Waals surface area contributed by atoms with Crippen LogP contribution in [0.5, 0.6) is 17.2 Å². The SMILES string of the molecule is COc1cc(/C=C2/C(=O)NC(=O)N(c3ccc(Br)cc3)C2=O)ccc1OCCOc1ccccc1Cl. The first-order valence-corrected chi connectivity index (χ1v) is 11.9. The Bertz CT molecular complexity index is 1340. The fourth-order valence-corrected chi connectivity index (χ4v) is 3.86. The van der Waals surface area contributed by atoms with Gasteiger partial charge in [-0.1, -0.05) is 45.7 Å². The van der Waals surface area contributed by atoms with Crippen LogP contribution in [0, 0.1) is 0 Å². The standard InChI is InChI=1S/C26H20BrClN2O6/c1-34-23-15-16(6-11-22(23)36-13-12-35-21-5-3-2-4-20(21)28)14-19-24(31)29-26(33)30(25(19)32)18-9-7-17(27)8-10-18/h2-11,14-15H,12-13H2,1H3,(H,29,31,33)/b19-14-. The second kappa shape index (κ2) is 11.3. The lowest BCUT2D eigenvalue weighted by molar-refractivity contribution is -0.122. The summed E-state index contributed by atoms with van der Waals surface area (Å²) in [6, 6.07) is 17.8. The number of rotatable bonds is 8. The van der Waals surface area contributed by atoms with Crippen molar-refractivity contribution in [1.82, 2.24) is 5.32 Å². The van der Waals surface area contributed by atoms with Crippen LogP contribution in [0.15, 0.2) is 76.8 Å². The van der Waals surface area contributed by atoms with E-state index in [1.54, 1.807) is 54.6 Å². The molecule has 0 aromatic heterocycles. The van der Waals surface area contributed by atoms with Crippen LogP contribution < -0.4 is 24.4 Å². The van der Waals surface area contributed by atoms with Gasteiger partial charge in [-0.05, 0) is 60.2 Å². The maximum absolute atomic E-state index is 13.1. The van der Waals surface area contributed by atoms with Crippen LogP contribution >= 0.6 is 27.5 Å². The van der Waals surface area contributed by atoms with Gasteiger partial charge in [-0.25, -0.2) is 9.69 Å². The van der Waals surface area contributed by atoms with E-state index in [1.165, 1.54) is 13.2 Å². The minimum atomic E-state index is -0.815. The number of carbonyl (C=O) groups excluding carboxylic acids is 3. The highest BCUT2D eigenvalue weighted by atomic mass is 79.9. The van der Waals surface area contributed by atoms with Crippen molar-refractivity contribution in [3.8, 4) is 17.2 Å². The van der Waals surface area contributed by atoms with Crippen LogP contribution in [0.4, 0.5) is 10.5 Å². The first-order chi connectivity index (χ1) is 17.4. The Labute approximate surface area is 220 Å². The van der Waals surface area contributed by atoms with Crippen molar-refractivity contribution in [2.75, 3.05) is 25.2 Å². The van der Waals surface area contributed by atoms with Crippen molar-refractivity contribution < 1.29 is 28.6 Å². The van der Waals surface area contributed by atoms with Crippen LogP contribution in [0.2, 0.25) is 5.02 Å². The number of nitrogens with zero attached hydrogens (tertiary/aromatic N) is 1. The van der Waals surface area contributed by atoms with E-state index in [2.05, 4.69) is 21.2 Å². The fraction of sp³-hybridized carbons (Fsp3) is 0.115. The molecule has 0 bridgehead atoms. The monoisotopic (exact) mass is 570 g/mol. The molecule has 1 saturated heterocycles. The Balaban J connectivity index is 1.48. The molecular formula is C26H20BrClN2O6. The quantitative estimate of drug-likeness (QED) is 0.226. The molecule has 0 atom stereocenters. The Morgan fingerprint density at radius 2 is 1.61 bits per heavy atom. The van der Waals surface area contributed by atoms with E-state index < -0.39 is 17.8 Å². The average Bonchev–Trinajstić information content (AvgIpc) is 2.87. The highest BCUT2D eigenvalue weighted by Gasteiger charge is 2.36. The summed E-state index contributed by atoms with van der Waals surface area (Å²) >= 11 is 9.39. The molecule has 1 aliphatic heterocycles. The van der Waals surface area contributed by atoms with Gasteiger partial charge in [0.2, 0.25) is 0 Å². The molecule has 4 amide bonds. The predicted molar refractivity (Wildman–Crippen MR) is 139 cm³/mol. The number of anilines is 1. The van der Waals surface area contributed by atoms with Crippen molar-refractivity contribution in [2.24, 2.45) is 0 Å². The van der Waals surface area contributed by atoms with Crippen LogP contribution in [-0.4, -0.2) is 38.2 Å². The number of hydrogen-bond donors (Lipinski definition) is 1. The molecule has 0 unspecified atom stereocenters. The van der Waals surface area contributed by atoms with Gasteiger partial charge in [-0.15, -0.1) is 0 Å². The minimum absolute atomic E-state index is 0.193. The van der Waals surface area contributed by atoms with Gasteiger partial charge in [0, 0.05) is 4.47 Å². The third kappa shape index (κ3) is 5.69. The topological polar surface area (TPSA) is 94.2 Å². The summed E-state index contributed by atoms with van der Waals surface area (Å²) in [6.07, 6.45) is 1.39. The second-order valence-corrected chi connectivity index (χ2v) is 8.79. The summed E-state index contributed by atoms with van der Waals surface area (Å²) in [7, 11) is 1.48. The number of nitrogens with one attached hydrogen (secondary N) is 1. The summed E-state index contributed by atoms with van der Waals surface area (Å²) in [4.78, 5) is 38.8. The van der Waals surface area contributed by atoms with E-state index in [9.17, 15) is 14.4 Å². The number of benzene rings is 3. The Hall–Kier alpha value is -3.82. The van der Waals surface area contributed by atoms with Crippen LogP contribution in [0.25, 0.3) is 6.08 Å². The summed E-state index contributed by atoms with van der Waals surface area (Å²) < 4.78 is 17.6. The summed E-state index contributed by atoms with van der Waals surface area (Å²) in [5, 5.41) is 2.71. The molecule has 1 aliphatic rings. The summed E-state index contributed by atoms with van der Waals surface area (Å²) in [5.41, 5.74) is 0.649. The molecule has 4 rings (SSSR count). The van der Waals surface area contributed by atoms with Gasteiger partial charge < -0.3 is 14.2 Å². The second-order valence-electron chi connectivity index (χ2n) is 7.47. The molecule has 184 valence electrons. The lowest BCUT2D eigenvalue weighted by atomic mass is 10.1. The largest absolute Gasteiger partial charge is 0.493 e. The smallest absolute Gasteiger partial charge is 0.335 e. The zero-order chi connectivity index (χ0) is 25.7. The van der Waals surface area contributed by atoms with E-state index in [1.807, 2.05) is 12.1 Å². The van der Waals surface area contributed by atoms with E-state index in [-0.39, 0.29) is 18.8 Å². The Morgan fingerprint density at radius 1 is 0.917 bits per heavy atom. The van der Waals surface area contributed by atoms with Crippen LogP contribution in [-0.2, 0) is 9.59 Å². The molecule has 3 aromatic carbocycles. The van der Waals surface area contributed by atoms with E-state index in [0.717, 1.165) is 9.37 Å². The summed E-state index contributed by atoms with van der Waals surface area (Å²) in [5.74, 6) is -0.112. The predicted octanol–water partition coefficient (Wildman–Crippen LogP) is 5.24. The number of amides is 4. The molecule has 10 heteroatoms. The molecule has 36 heavy (non-hydrogen) atoms. The molecule has 3 aromatic rings. The van der Waals surface area contributed by atoms with Crippen molar-refractivity contribution in [3.63, 3.8) is 0 Å². The number of hydrogen-bond acceptors (Lipinski definition) is 6. The van der Waals surface area contributed by atoms with Gasteiger partial charge in [0.1, 0.15) is 24.5 Å². The van der Waals surface area contributed by atoms with Crippen LogP contribution in [0.1, 0.15) is 5.56 Å². The third-order valence-electron chi connectivity index (χ3n) is 5.12.